The lowest BCUT2D eigenvalue weighted by molar-refractivity contribution is 0.0771. The maximum atomic E-state index is 11.6. The van der Waals surface area contributed by atoms with Crippen LogP contribution < -0.4 is 0 Å². The molecule has 3 nitrogen and oxygen atoms in total. The van der Waals surface area contributed by atoms with Crippen LogP contribution in [0.25, 0.3) is 0 Å². The van der Waals surface area contributed by atoms with E-state index in [1.165, 1.54) is 16.2 Å². The summed E-state index contributed by atoms with van der Waals surface area (Å²) in [4.78, 5) is 13.7. The highest BCUT2D eigenvalue weighted by molar-refractivity contribution is 9.11. The first-order valence-electron chi connectivity index (χ1n) is 3.77. The lowest BCUT2D eigenvalue weighted by Crippen LogP contribution is -2.28. The third-order valence-electron chi connectivity index (χ3n) is 1.57. The molecule has 1 aromatic rings. The molecule has 0 unspecified atom stereocenters. The zero-order valence-corrected chi connectivity index (χ0v) is 9.56. The Morgan fingerprint density at radius 2 is 2.38 bits per heavy atom. The van der Waals surface area contributed by atoms with E-state index in [1.807, 2.05) is 6.07 Å². The van der Waals surface area contributed by atoms with Crippen molar-refractivity contribution in [3.05, 3.63) is 20.8 Å². The minimum absolute atomic E-state index is 0.00517. The number of hydrogen-bond donors (Lipinski definition) is 1. The second-order valence-corrected chi connectivity index (χ2v) is 5.02. The lowest BCUT2D eigenvalue weighted by Gasteiger charge is -2.13. The number of aliphatic hydroxyl groups excluding tert-OH is 1. The summed E-state index contributed by atoms with van der Waals surface area (Å²) in [5.41, 5.74) is 0. The third-order valence-corrected chi connectivity index (χ3v) is 3.18. The number of thiophene rings is 1. The summed E-state index contributed by atoms with van der Waals surface area (Å²) in [5, 5.41) is 8.64. The maximum absolute atomic E-state index is 11.6. The molecule has 0 saturated heterocycles. The Labute approximate surface area is 89.1 Å². The molecule has 0 fully saturated rings. The molecular formula is C8H10BrNO2S. The Bertz CT molecular complexity index is 300. The van der Waals surface area contributed by atoms with E-state index in [0.29, 0.717) is 11.4 Å². The van der Waals surface area contributed by atoms with Gasteiger partial charge in [-0.15, -0.1) is 11.3 Å². The summed E-state index contributed by atoms with van der Waals surface area (Å²) in [6, 6.07) is 3.61. The fourth-order valence-corrected chi connectivity index (χ4v) is 2.25. The zero-order valence-electron chi connectivity index (χ0n) is 7.16. The fourth-order valence-electron chi connectivity index (χ4n) is 0.869. The SMILES string of the molecule is CN(CCO)C(=O)c1ccc(Br)s1. The highest BCUT2D eigenvalue weighted by atomic mass is 79.9. The monoisotopic (exact) mass is 263 g/mol. The van der Waals surface area contributed by atoms with Crippen molar-refractivity contribution in [2.75, 3.05) is 20.2 Å². The van der Waals surface area contributed by atoms with Crippen LogP contribution in [0.3, 0.4) is 0 Å². The van der Waals surface area contributed by atoms with E-state index >= 15 is 0 Å². The molecule has 0 radical (unpaired) electrons. The van der Waals surface area contributed by atoms with Gasteiger partial charge in [0.15, 0.2) is 0 Å². The van der Waals surface area contributed by atoms with E-state index < -0.39 is 0 Å². The van der Waals surface area contributed by atoms with E-state index in [2.05, 4.69) is 15.9 Å². The number of hydrogen-bond acceptors (Lipinski definition) is 3. The molecule has 13 heavy (non-hydrogen) atoms. The first-order chi connectivity index (χ1) is 6.15. The summed E-state index contributed by atoms with van der Waals surface area (Å²) >= 11 is 4.68. The van der Waals surface area contributed by atoms with E-state index in [-0.39, 0.29) is 12.5 Å². The number of carbonyl (C=O) groups excluding carboxylic acids is 1. The van der Waals surface area contributed by atoms with Crippen molar-refractivity contribution in [1.82, 2.24) is 4.90 Å². The topological polar surface area (TPSA) is 40.5 Å². The highest BCUT2D eigenvalue weighted by Crippen LogP contribution is 2.22. The van der Waals surface area contributed by atoms with Crippen LogP contribution in [-0.4, -0.2) is 36.1 Å². The van der Waals surface area contributed by atoms with Crippen molar-refractivity contribution < 1.29 is 9.90 Å². The first kappa shape index (κ1) is 10.7. The number of carbonyl (C=O) groups is 1. The molecule has 72 valence electrons. The number of aliphatic hydroxyl groups is 1. The van der Waals surface area contributed by atoms with E-state index in [4.69, 9.17) is 5.11 Å². The molecule has 1 N–H and O–H groups in total. The van der Waals surface area contributed by atoms with Gasteiger partial charge in [0.25, 0.3) is 5.91 Å². The fraction of sp³-hybridized carbons (Fsp3) is 0.375. The van der Waals surface area contributed by atoms with Crippen molar-refractivity contribution in [1.29, 1.82) is 0 Å². The predicted molar refractivity (Wildman–Crippen MR) is 56.1 cm³/mol. The van der Waals surface area contributed by atoms with Gasteiger partial charge in [0.05, 0.1) is 15.3 Å². The van der Waals surface area contributed by atoms with E-state index in [9.17, 15) is 4.79 Å². The van der Waals surface area contributed by atoms with Gasteiger partial charge in [-0.2, -0.15) is 0 Å². The van der Waals surface area contributed by atoms with Crippen LogP contribution in [0.5, 0.6) is 0 Å². The number of halogens is 1. The van der Waals surface area contributed by atoms with Gasteiger partial charge in [0.1, 0.15) is 0 Å². The molecule has 0 aliphatic carbocycles. The van der Waals surface area contributed by atoms with Crippen LogP contribution in [0, 0.1) is 0 Å². The van der Waals surface area contributed by atoms with E-state index in [1.54, 1.807) is 13.1 Å². The van der Waals surface area contributed by atoms with Crippen LogP contribution in [0.2, 0.25) is 0 Å². The normalized spacial score (nSPS) is 10.1. The second-order valence-electron chi connectivity index (χ2n) is 2.55. The van der Waals surface area contributed by atoms with E-state index in [0.717, 1.165) is 3.79 Å². The molecule has 0 aliphatic rings. The van der Waals surface area contributed by atoms with Crippen LogP contribution in [0.15, 0.2) is 15.9 Å². The Hall–Kier alpha value is -0.390. The van der Waals surface area contributed by atoms with Crippen LogP contribution in [0.4, 0.5) is 0 Å². The molecule has 0 aromatic carbocycles. The van der Waals surface area contributed by atoms with Crippen molar-refractivity contribution in [2.45, 2.75) is 0 Å². The van der Waals surface area contributed by atoms with Gasteiger partial charge in [0.2, 0.25) is 0 Å². The highest BCUT2D eigenvalue weighted by Gasteiger charge is 2.12. The number of nitrogens with zero attached hydrogens (tertiary/aromatic N) is 1. The molecule has 0 aliphatic heterocycles. The van der Waals surface area contributed by atoms with Gasteiger partial charge < -0.3 is 10.0 Å². The Morgan fingerprint density at radius 3 is 2.85 bits per heavy atom. The third kappa shape index (κ3) is 2.79. The Kier molecular flexibility index (Phi) is 3.90. The van der Waals surface area contributed by atoms with Crippen LogP contribution in [0.1, 0.15) is 9.67 Å². The lowest BCUT2D eigenvalue weighted by atomic mass is 10.4. The van der Waals surface area contributed by atoms with Gasteiger partial charge in [-0.05, 0) is 28.1 Å². The van der Waals surface area contributed by atoms with Crippen molar-refractivity contribution in [2.24, 2.45) is 0 Å². The quantitative estimate of drug-likeness (QED) is 0.900. The van der Waals surface area contributed by atoms with Gasteiger partial charge >= 0.3 is 0 Å². The predicted octanol–water partition coefficient (Wildman–Crippen LogP) is 1.57. The molecule has 1 rings (SSSR count). The molecule has 0 spiro atoms. The van der Waals surface area contributed by atoms with Crippen LogP contribution >= 0.6 is 27.3 Å². The molecule has 1 heterocycles. The minimum Gasteiger partial charge on any atom is -0.395 e. The summed E-state index contributed by atoms with van der Waals surface area (Å²) in [6.45, 7) is 0.364. The average Bonchev–Trinajstić information content (AvgIpc) is 2.51. The zero-order chi connectivity index (χ0) is 9.84. The Balaban J connectivity index is 2.67. The van der Waals surface area contributed by atoms with Crippen LogP contribution in [-0.2, 0) is 0 Å². The number of amides is 1. The van der Waals surface area contributed by atoms with Crippen molar-refractivity contribution in [3.8, 4) is 0 Å². The molecule has 5 heteroatoms. The van der Waals surface area contributed by atoms with Gasteiger partial charge in [0, 0.05) is 13.6 Å². The smallest absolute Gasteiger partial charge is 0.263 e. The molecule has 0 atom stereocenters. The number of rotatable bonds is 3. The second kappa shape index (κ2) is 4.74. The standard InChI is InChI=1S/C8H10BrNO2S/c1-10(4-5-11)8(12)6-2-3-7(9)13-6/h2-3,11H,4-5H2,1H3. The first-order valence-corrected chi connectivity index (χ1v) is 5.37. The molecule has 0 saturated carbocycles. The molecule has 0 bridgehead atoms. The molecular weight excluding hydrogens is 254 g/mol. The molecule has 1 amide bonds. The van der Waals surface area contributed by atoms with Crippen molar-refractivity contribution >= 4 is 33.2 Å². The van der Waals surface area contributed by atoms with Gasteiger partial charge in [-0.25, -0.2) is 0 Å². The Morgan fingerprint density at radius 1 is 1.69 bits per heavy atom. The largest absolute Gasteiger partial charge is 0.395 e. The van der Waals surface area contributed by atoms with Gasteiger partial charge in [-0.1, -0.05) is 0 Å². The maximum Gasteiger partial charge on any atom is 0.263 e. The summed E-state index contributed by atoms with van der Waals surface area (Å²) in [6.07, 6.45) is 0. The number of likely N-dealkylation sites (N-methyl/N-ethyl adjacent to an activating group) is 1. The molecule has 1 aromatic heterocycles. The summed E-state index contributed by atoms with van der Waals surface area (Å²) < 4.78 is 0.938. The average molecular weight is 264 g/mol. The summed E-state index contributed by atoms with van der Waals surface area (Å²) in [5.74, 6) is -0.0512. The minimum atomic E-state index is -0.0512. The van der Waals surface area contributed by atoms with Crippen molar-refractivity contribution in [3.63, 3.8) is 0 Å². The van der Waals surface area contributed by atoms with Gasteiger partial charge in [-0.3, -0.25) is 4.79 Å². The summed E-state index contributed by atoms with van der Waals surface area (Å²) in [7, 11) is 1.67.